The predicted octanol–water partition coefficient (Wildman–Crippen LogP) is 2.03. The van der Waals surface area contributed by atoms with Crippen molar-refractivity contribution in [2.45, 2.75) is 0 Å². The van der Waals surface area contributed by atoms with Crippen LogP contribution in [0.1, 0.15) is 5.56 Å². The summed E-state index contributed by atoms with van der Waals surface area (Å²) in [5, 5.41) is 3.18. The fourth-order valence-corrected chi connectivity index (χ4v) is 1.36. The van der Waals surface area contributed by atoms with E-state index in [9.17, 15) is 0 Å². The zero-order valence-electron chi connectivity index (χ0n) is 5.93. The van der Waals surface area contributed by atoms with E-state index in [1.807, 2.05) is 6.07 Å². The van der Waals surface area contributed by atoms with Crippen molar-refractivity contribution < 1.29 is 4.42 Å². The van der Waals surface area contributed by atoms with Crippen LogP contribution in [-0.4, -0.2) is 13.1 Å². The average Bonchev–Trinajstić information content (AvgIpc) is 2.27. The standard InChI is InChI=1S/C8H8BrNO/c9-8-2-6(5-11-8)1-7-3-10-4-7/h1-2,5,10H,3-4H2. The van der Waals surface area contributed by atoms with Crippen LogP contribution in [0.3, 0.4) is 0 Å². The van der Waals surface area contributed by atoms with Crippen molar-refractivity contribution in [1.29, 1.82) is 0 Å². The van der Waals surface area contributed by atoms with Gasteiger partial charge in [0.25, 0.3) is 0 Å². The summed E-state index contributed by atoms with van der Waals surface area (Å²) in [6.45, 7) is 2.03. The second-order valence-electron chi connectivity index (χ2n) is 2.59. The summed E-state index contributed by atoms with van der Waals surface area (Å²) in [4.78, 5) is 0. The second kappa shape index (κ2) is 2.83. The minimum atomic E-state index is 0.789. The highest BCUT2D eigenvalue weighted by molar-refractivity contribution is 9.10. The lowest BCUT2D eigenvalue weighted by atomic mass is 10.1. The third kappa shape index (κ3) is 1.54. The summed E-state index contributed by atoms with van der Waals surface area (Å²) < 4.78 is 5.87. The molecule has 0 unspecified atom stereocenters. The second-order valence-corrected chi connectivity index (χ2v) is 3.37. The minimum Gasteiger partial charge on any atom is -0.457 e. The van der Waals surface area contributed by atoms with Gasteiger partial charge in [0.05, 0.1) is 6.26 Å². The van der Waals surface area contributed by atoms with Gasteiger partial charge < -0.3 is 9.73 Å². The zero-order valence-corrected chi connectivity index (χ0v) is 7.52. The van der Waals surface area contributed by atoms with Gasteiger partial charge in [0.1, 0.15) is 0 Å². The van der Waals surface area contributed by atoms with Gasteiger partial charge in [-0.3, -0.25) is 0 Å². The van der Waals surface area contributed by atoms with E-state index in [-0.39, 0.29) is 0 Å². The smallest absolute Gasteiger partial charge is 0.169 e. The summed E-state index contributed by atoms with van der Waals surface area (Å²) in [5.41, 5.74) is 2.56. The van der Waals surface area contributed by atoms with E-state index in [2.05, 4.69) is 27.3 Å². The van der Waals surface area contributed by atoms with Crippen molar-refractivity contribution in [1.82, 2.24) is 5.32 Å². The highest BCUT2D eigenvalue weighted by Crippen LogP contribution is 2.17. The molecule has 0 spiro atoms. The molecule has 0 aliphatic carbocycles. The Morgan fingerprint density at radius 1 is 1.55 bits per heavy atom. The third-order valence-electron chi connectivity index (χ3n) is 1.66. The van der Waals surface area contributed by atoms with Gasteiger partial charge >= 0.3 is 0 Å². The topological polar surface area (TPSA) is 25.2 Å². The molecule has 1 saturated heterocycles. The fraction of sp³-hybridized carbons (Fsp3) is 0.250. The van der Waals surface area contributed by atoms with Gasteiger partial charge in [0.15, 0.2) is 4.67 Å². The fourth-order valence-electron chi connectivity index (χ4n) is 1.01. The summed E-state index contributed by atoms with van der Waals surface area (Å²) in [6, 6.07) is 1.96. The van der Waals surface area contributed by atoms with Crippen LogP contribution in [0.2, 0.25) is 0 Å². The van der Waals surface area contributed by atoms with Crippen LogP contribution >= 0.6 is 15.9 Å². The number of furan rings is 1. The third-order valence-corrected chi connectivity index (χ3v) is 2.08. The number of nitrogens with one attached hydrogen (secondary N) is 1. The van der Waals surface area contributed by atoms with Crippen LogP contribution in [0.4, 0.5) is 0 Å². The molecule has 3 heteroatoms. The van der Waals surface area contributed by atoms with E-state index in [1.54, 1.807) is 6.26 Å². The van der Waals surface area contributed by atoms with Crippen molar-refractivity contribution in [2.75, 3.05) is 13.1 Å². The van der Waals surface area contributed by atoms with E-state index >= 15 is 0 Å². The number of hydrogen-bond donors (Lipinski definition) is 1. The molecule has 1 N–H and O–H groups in total. The van der Waals surface area contributed by atoms with E-state index in [0.29, 0.717) is 0 Å². The quantitative estimate of drug-likeness (QED) is 0.773. The summed E-state index contributed by atoms with van der Waals surface area (Å²) in [6.07, 6.45) is 3.89. The van der Waals surface area contributed by atoms with Crippen LogP contribution in [0.15, 0.2) is 27.0 Å². The largest absolute Gasteiger partial charge is 0.457 e. The van der Waals surface area contributed by atoms with Crippen molar-refractivity contribution in [3.63, 3.8) is 0 Å². The van der Waals surface area contributed by atoms with Crippen LogP contribution < -0.4 is 5.32 Å². The molecular weight excluding hydrogens is 206 g/mol. The Bertz CT molecular complexity index is 284. The SMILES string of the molecule is Brc1cc(C=C2CNC2)co1. The molecule has 0 atom stereocenters. The first-order valence-corrected chi connectivity index (χ1v) is 4.28. The molecule has 1 fully saturated rings. The molecule has 1 aromatic rings. The molecule has 2 heterocycles. The first-order valence-electron chi connectivity index (χ1n) is 3.49. The summed E-state index contributed by atoms with van der Waals surface area (Å²) in [5.74, 6) is 0. The lowest BCUT2D eigenvalue weighted by Crippen LogP contribution is -2.33. The molecule has 0 bridgehead atoms. The van der Waals surface area contributed by atoms with E-state index in [4.69, 9.17) is 4.42 Å². The van der Waals surface area contributed by atoms with Gasteiger partial charge in [0.2, 0.25) is 0 Å². The molecule has 0 radical (unpaired) electrons. The monoisotopic (exact) mass is 213 g/mol. The summed E-state index contributed by atoms with van der Waals surface area (Å²) in [7, 11) is 0. The molecule has 2 nitrogen and oxygen atoms in total. The van der Waals surface area contributed by atoms with Crippen molar-refractivity contribution in [3.8, 4) is 0 Å². The Morgan fingerprint density at radius 2 is 2.36 bits per heavy atom. The first-order chi connectivity index (χ1) is 5.34. The Kier molecular flexibility index (Phi) is 1.84. The maximum absolute atomic E-state index is 5.09. The zero-order chi connectivity index (χ0) is 7.68. The number of rotatable bonds is 1. The van der Waals surface area contributed by atoms with Gasteiger partial charge in [0, 0.05) is 18.7 Å². The van der Waals surface area contributed by atoms with Gasteiger partial charge in [-0.1, -0.05) is 0 Å². The van der Waals surface area contributed by atoms with Crippen LogP contribution in [0.5, 0.6) is 0 Å². The van der Waals surface area contributed by atoms with Gasteiger partial charge in [-0.05, 0) is 33.6 Å². The molecule has 0 saturated carbocycles. The van der Waals surface area contributed by atoms with Crippen molar-refractivity contribution in [3.05, 3.63) is 28.1 Å². The molecule has 1 aliphatic heterocycles. The van der Waals surface area contributed by atoms with Crippen LogP contribution in [-0.2, 0) is 0 Å². The highest BCUT2D eigenvalue weighted by atomic mass is 79.9. The van der Waals surface area contributed by atoms with E-state index in [1.165, 1.54) is 5.57 Å². The Morgan fingerprint density at radius 3 is 2.82 bits per heavy atom. The Balaban J connectivity index is 2.17. The maximum Gasteiger partial charge on any atom is 0.169 e. The molecule has 1 aromatic heterocycles. The molecule has 1 aliphatic rings. The lowest BCUT2D eigenvalue weighted by molar-refractivity contribution is 0.540. The molecule has 0 aromatic carbocycles. The lowest BCUT2D eigenvalue weighted by Gasteiger charge is -2.17. The summed E-state index contributed by atoms with van der Waals surface area (Å²) >= 11 is 3.25. The predicted molar refractivity (Wildman–Crippen MR) is 47.3 cm³/mol. The average molecular weight is 214 g/mol. The molecular formula is C8H8BrNO. The Labute approximate surface area is 73.4 Å². The van der Waals surface area contributed by atoms with Crippen LogP contribution in [0, 0.1) is 0 Å². The van der Waals surface area contributed by atoms with Crippen LogP contribution in [0.25, 0.3) is 6.08 Å². The van der Waals surface area contributed by atoms with Gasteiger partial charge in [-0.2, -0.15) is 0 Å². The first kappa shape index (κ1) is 7.13. The molecule has 58 valence electrons. The van der Waals surface area contributed by atoms with E-state index < -0.39 is 0 Å². The maximum atomic E-state index is 5.09. The molecule has 11 heavy (non-hydrogen) atoms. The van der Waals surface area contributed by atoms with Crippen molar-refractivity contribution >= 4 is 22.0 Å². The molecule has 2 rings (SSSR count). The number of hydrogen-bond acceptors (Lipinski definition) is 2. The van der Waals surface area contributed by atoms with Gasteiger partial charge in [-0.25, -0.2) is 0 Å². The number of halogens is 1. The normalized spacial score (nSPS) is 16.3. The highest BCUT2D eigenvalue weighted by Gasteiger charge is 2.06. The van der Waals surface area contributed by atoms with Gasteiger partial charge in [-0.15, -0.1) is 0 Å². The Hall–Kier alpha value is -0.540. The van der Waals surface area contributed by atoms with Crippen molar-refractivity contribution in [2.24, 2.45) is 0 Å². The van der Waals surface area contributed by atoms with E-state index in [0.717, 1.165) is 23.3 Å². The minimum absolute atomic E-state index is 0.789. The molecule has 0 amide bonds.